The number of pyridine rings is 1. The van der Waals surface area contributed by atoms with Crippen LogP contribution in [0.4, 0.5) is 0 Å². The van der Waals surface area contributed by atoms with Crippen molar-refractivity contribution in [2.45, 2.75) is 31.8 Å². The van der Waals surface area contributed by atoms with Crippen LogP contribution in [-0.2, 0) is 14.9 Å². The van der Waals surface area contributed by atoms with E-state index < -0.39 is 6.10 Å². The summed E-state index contributed by atoms with van der Waals surface area (Å²) in [5.41, 5.74) is 0.450. The van der Waals surface area contributed by atoms with E-state index in [1.807, 2.05) is 19.1 Å². The molecule has 1 aliphatic heterocycles. The van der Waals surface area contributed by atoms with Crippen LogP contribution in [0, 0.1) is 0 Å². The SMILES string of the molecule is C=CCCOC(C)C(=O)N1CC(C)(c2nnc(-c3cccnc3)o2)C1. The van der Waals surface area contributed by atoms with Gasteiger partial charge >= 0.3 is 0 Å². The maximum Gasteiger partial charge on any atom is 0.251 e. The molecule has 1 saturated heterocycles. The van der Waals surface area contributed by atoms with Crippen molar-refractivity contribution in [3.63, 3.8) is 0 Å². The fourth-order valence-corrected chi connectivity index (χ4v) is 2.82. The number of aromatic nitrogens is 3. The molecule has 3 heterocycles. The van der Waals surface area contributed by atoms with Crippen LogP contribution in [0.3, 0.4) is 0 Å². The highest BCUT2D eigenvalue weighted by Crippen LogP contribution is 2.35. The number of likely N-dealkylation sites (tertiary alicyclic amines) is 1. The molecule has 1 aliphatic rings. The van der Waals surface area contributed by atoms with Crippen LogP contribution in [0.5, 0.6) is 0 Å². The molecule has 2 aromatic rings. The first-order valence-corrected chi connectivity index (χ1v) is 8.29. The molecule has 0 N–H and O–H groups in total. The molecule has 1 unspecified atom stereocenters. The van der Waals surface area contributed by atoms with E-state index in [1.165, 1.54) is 0 Å². The van der Waals surface area contributed by atoms with Crippen molar-refractivity contribution in [2.75, 3.05) is 19.7 Å². The van der Waals surface area contributed by atoms with Gasteiger partial charge in [0.2, 0.25) is 11.8 Å². The Bertz CT molecular complexity index is 738. The Morgan fingerprint density at radius 3 is 3.00 bits per heavy atom. The highest BCUT2D eigenvalue weighted by atomic mass is 16.5. The smallest absolute Gasteiger partial charge is 0.251 e. The highest BCUT2D eigenvalue weighted by molar-refractivity contribution is 5.81. The molecule has 7 nitrogen and oxygen atoms in total. The van der Waals surface area contributed by atoms with E-state index in [1.54, 1.807) is 30.3 Å². The van der Waals surface area contributed by atoms with Gasteiger partial charge in [-0.1, -0.05) is 6.08 Å². The van der Waals surface area contributed by atoms with Crippen LogP contribution < -0.4 is 0 Å². The second-order valence-corrected chi connectivity index (χ2v) is 6.50. The molecule has 0 aliphatic carbocycles. The molecule has 1 amide bonds. The van der Waals surface area contributed by atoms with Gasteiger partial charge in [-0.3, -0.25) is 9.78 Å². The van der Waals surface area contributed by atoms with Gasteiger partial charge in [0.05, 0.1) is 17.6 Å². The number of nitrogens with zero attached hydrogens (tertiary/aromatic N) is 4. The van der Waals surface area contributed by atoms with Crippen LogP contribution in [-0.4, -0.2) is 51.8 Å². The van der Waals surface area contributed by atoms with Gasteiger partial charge in [-0.25, -0.2) is 0 Å². The van der Waals surface area contributed by atoms with E-state index in [0.717, 1.165) is 12.0 Å². The highest BCUT2D eigenvalue weighted by Gasteiger charge is 2.47. The second kappa shape index (κ2) is 7.14. The van der Waals surface area contributed by atoms with Crippen LogP contribution in [0.15, 0.2) is 41.6 Å². The lowest BCUT2D eigenvalue weighted by molar-refractivity contribution is -0.150. The summed E-state index contributed by atoms with van der Waals surface area (Å²) in [6.45, 7) is 9.00. The predicted molar refractivity (Wildman–Crippen MR) is 91.7 cm³/mol. The number of carbonyl (C=O) groups excluding carboxylic acids is 1. The van der Waals surface area contributed by atoms with Gasteiger partial charge in [-0.15, -0.1) is 16.8 Å². The van der Waals surface area contributed by atoms with Gasteiger partial charge in [0.25, 0.3) is 5.91 Å². The Hall–Kier alpha value is -2.54. The zero-order chi connectivity index (χ0) is 17.9. The van der Waals surface area contributed by atoms with Crippen molar-refractivity contribution in [3.05, 3.63) is 43.1 Å². The lowest BCUT2D eigenvalue weighted by atomic mass is 9.81. The molecule has 0 spiro atoms. The number of amides is 1. The number of hydrogen-bond acceptors (Lipinski definition) is 6. The maximum absolute atomic E-state index is 12.4. The molecule has 0 bridgehead atoms. The van der Waals surface area contributed by atoms with Crippen molar-refractivity contribution in [2.24, 2.45) is 0 Å². The number of rotatable bonds is 7. The summed E-state index contributed by atoms with van der Waals surface area (Å²) < 4.78 is 11.3. The standard InChI is InChI=1S/C18H22N4O3/c1-4-5-9-24-13(2)16(23)22-11-18(3,12-22)17-21-20-15(25-17)14-7-6-8-19-10-14/h4,6-8,10,13H,1,5,9,11-12H2,2-3H3. The minimum atomic E-state index is -0.460. The summed E-state index contributed by atoms with van der Waals surface area (Å²) in [6, 6.07) is 3.68. The third kappa shape index (κ3) is 3.61. The third-order valence-corrected chi connectivity index (χ3v) is 4.28. The molecule has 0 radical (unpaired) electrons. The average Bonchev–Trinajstić information content (AvgIpc) is 3.10. The zero-order valence-corrected chi connectivity index (χ0v) is 14.5. The van der Waals surface area contributed by atoms with E-state index in [0.29, 0.717) is 31.5 Å². The first-order chi connectivity index (χ1) is 12.0. The fraction of sp³-hybridized carbons (Fsp3) is 0.444. The van der Waals surface area contributed by atoms with E-state index in [-0.39, 0.29) is 11.3 Å². The van der Waals surface area contributed by atoms with E-state index >= 15 is 0 Å². The van der Waals surface area contributed by atoms with Crippen molar-refractivity contribution in [1.82, 2.24) is 20.1 Å². The van der Waals surface area contributed by atoms with E-state index in [2.05, 4.69) is 21.8 Å². The summed E-state index contributed by atoms with van der Waals surface area (Å²) in [7, 11) is 0. The Morgan fingerprint density at radius 1 is 1.52 bits per heavy atom. The molecule has 2 aromatic heterocycles. The van der Waals surface area contributed by atoms with Crippen LogP contribution in [0.2, 0.25) is 0 Å². The molecule has 132 valence electrons. The van der Waals surface area contributed by atoms with Gasteiger partial charge in [0.1, 0.15) is 6.10 Å². The minimum absolute atomic E-state index is 0.0199. The summed E-state index contributed by atoms with van der Waals surface area (Å²) in [5.74, 6) is 0.958. The second-order valence-electron chi connectivity index (χ2n) is 6.50. The third-order valence-electron chi connectivity index (χ3n) is 4.28. The Labute approximate surface area is 146 Å². The number of hydrogen-bond donors (Lipinski definition) is 0. The van der Waals surface area contributed by atoms with Gasteiger partial charge in [0.15, 0.2) is 0 Å². The van der Waals surface area contributed by atoms with Gasteiger partial charge in [0, 0.05) is 25.5 Å². The minimum Gasteiger partial charge on any atom is -0.420 e. The quantitative estimate of drug-likeness (QED) is 0.567. The molecule has 0 aromatic carbocycles. The predicted octanol–water partition coefficient (Wildman–Crippen LogP) is 2.21. The lowest BCUT2D eigenvalue weighted by Gasteiger charge is -2.46. The zero-order valence-electron chi connectivity index (χ0n) is 14.5. The first-order valence-electron chi connectivity index (χ1n) is 8.29. The molecule has 3 rings (SSSR count). The molecular weight excluding hydrogens is 320 g/mol. The van der Waals surface area contributed by atoms with E-state index in [9.17, 15) is 4.79 Å². The monoisotopic (exact) mass is 342 g/mol. The molecule has 1 fully saturated rings. The molecular formula is C18H22N4O3. The van der Waals surface area contributed by atoms with Crippen LogP contribution in [0.1, 0.15) is 26.2 Å². The van der Waals surface area contributed by atoms with Crippen molar-refractivity contribution in [3.8, 4) is 11.5 Å². The Balaban J connectivity index is 1.60. The first kappa shape index (κ1) is 17.3. The number of carbonyl (C=O) groups is 1. The van der Waals surface area contributed by atoms with Gasteiger partial charge < -0.3 is 14.1 Å². The summed E-state index contributed by atoms with van der Waals surface area (Å²) >= 11 is 0. The molecule has 1 atom stereocenters. The molecule has 25 heavy (non-hydrogen) atoms. The van der Waals surface area contributed by atoms with Gasteiger partial charge in [-0.05, 0) is 32.4 Å². The van der Waals surface area contributed by atoms with Crippen molar-refractivity contribution < 1.29 is 13.9 Å². The summed E-state index contributed by atoms with van der Waals surface area (Å²) in [5, 5.41) is 8.26. The summed E-state index contributed by atoms with van der Waals surface area (Å²) in [4.78, 5) is 18.2. The Kier molecular flexibility index (Phi) is 4.94. The number of ether oxygens (including phenoxy) is 1. The normalized spacial score (nSPS) is 17.0. The van der Waals surface area contributed by atoms with Crippen LogP contribution in [0.25, 0.3) is 11.5 Å². The van der Waals surface area contributed by atoms with Gasteiger partial charge in [-0.2, -0.15) is 0 Å². The van der Waals surface area contributed by atoms with E-state index in [4.69, 9.17) is 9.15 Å². The summed E-state index contributed by atoms with van der Waals surface area (Å²) in [6.07, 6.45) is 5.41. The van der Waals surface area contributed by atoms with Crippen LogP contribution >= 0.6 is 0 Å². The molecule has 0 saturated carbocycles. The fourth-order valence-electron chi connectivity index (χ4n) is 2.82. The average molecular weight is 342 g/mol. The lowest BCUT2D eigenvalue weighted by Crippen LogP contribution is -2.61. The van der Waals surface area contributed by atoms with Crippen molar-refractivity contribution >= 4 is 5.91 Å². The van der Waals surface area contributed by atoms with Crippen molar-refractivity contribution in [1.29, 1.82) is 0 Å². The molecule has 7 heteroatoms. The Morgan fingerprint density at radius 2 is 2.32 bits per heavy atom. The topological polar surface area (TPSA) is 81.4 Å². The maximum atomic E-state index is 12.4. The largest absolute Gasteiger partial charge is 0.420 e.